The molecule has 0 saturated carbocycles. The summed E-state index contributed by atoms with van der Waals surface area (Å²) in [5.41, 5.74) is 9.44. The molecule has 0 bridgehead atoms. The summed E-state index contributed by atoms with van der Waals surface area (Å²) in [6.45, 7) is 17.6. The summed E-state index contributed by atoms with van der Waals surface area (Å²) in [4.78, 5) is 0. The molecule has 0 heterocycles. The number of rotatable bonds is 6. The van der Waals surface area contributed by atoms with Crippen molar-refractivity contribution >= 4 is 10.8 Å². The number of aryl methyl sites for hydroxylation is 2. The Labute approximate surface area is 232 Å². The Balaban J connectivity index is 1.86. The molecular weight excluding hydrogens is 480 g/mol. The maximum atomic E-state index is 14.9. The first-order valence-corrected chi connectivity index (χ1v) is 14.9. The van der Waals surface area contributed by atoms with Gasteiger partial charge in [0.25, 0.3) is 0 Å². The fraction of sp³-hybridized carbons (Fsp3) is 0.333. The average molecular weight is 523 g/mol. The zero-order valence-electron chi connectivity index (χ0n) is 24.2. The Hall–Kier alpha value is -2.97. The van der Waals surface area contributed by atoms with Crippen LogP contribution < -0.4 is 0 Å². The van der Waals surface area contributed by atoms with Crippen molar-refractivity contribution in [2.45, 2.75) is 76.7 Å². The van der Waals surface area contributed by atoms with Crippen molar-refractivity contribution in [1.29, 1.82) is 0 Å². The van der Waals surface area contributed by atoms with Gasteiger partial charge in [0, 0.05) is 10.8 Å². The third-order valence-corrected chi connectivity index (χ3v) is 9.40. The lowest BCUT2D eigenvalue weighted by atomic mass is 9.86. The molecular formula is C36H42OS. The van der Waals surface area contributed by atoms with E-state index in [0.717, 1.165) is 22.3 Å². The SMILES string of the molecule is Cc1ccc(C(c2ccc(C(C)(C)C)cc2)S(=O)C(c2ccc(C)cc2)c2ccc(C(C)(C)C)cc2)cc1. The van der Waals surface area contributed by atoms with Crippen molar-refractivity contribution in [3.05, 3.63) is 142 Å². The van der Waals surface area contributed by atoms with E-state index in [0.29, 0.717) is 0 Å². The molecule has 2 unspecified atom stereocenters. The third-order valence-electron chi connectivity index (χ3n) is 7.38. The van der Waals surface area contributed by atoms with Gasteiger partial charge in [-0.3, -0.25) is 4.21 Å². The molecule has 2 heteroatoms. The minimum atomic E-state index is -1.27. The summed E-state index contributed by atoms with van der Waals surface area (Å²) in [6.07, 6.45) is 0. The van der Waals surface area contributed by atoms with Crippen LogP contribution in [0, 0.1) is 13.8 Å². The molecule has 0 fully saturated rings. The Morgan fingerprint density at radius 1 is 0.447 bits per heavy atom. The molecule has 1 nitrogen and oxygen atoms in total. The Kier molecular flexibility index (Phi) is 8.14. The van der Waals surface area contributed by atoms with Crippen LogP contribution in [-0.4, -0.2) is 4.21 Å². The van der Waals surface area contributed by atoms with Gasteiger partial charge in [-0.2, -0.15) is 0 Å². The van der Waals surface area contributed by atoms with Gasteiger partial charge in [0.15, 0.2) is 0 Å². The van der Waals surface area contributed by atoms with E-state index in [1.54, 1.807) is 0 Å². The molecule has 4 rings (SSSR count). The van der Waals surface area contributed by atoms with E-state index in [-0.39, 0.29) is 21.3 Å². The molecule has 0 spiro atoms. The van der Waals surface area contributed by atoms with Gasteiger partial charge in [-0.05, 0) is 58.1 Å². The normalized spacial score (nSPS) is 14.6. The Morgan fingerprint density at radius 3 is 0.921 bits per heavy atom. The van der Waals surface area contributed by atoms with Crippen LogP contribution in [0.25, 0.3) is 0 Å². The van der Waals surface area contributed by atoms with Crippen LogP contribution in [0.15, 0.2) is 97.1 Å². The van der Waals surface area contributed by atoms with E-state index >= 15 is 0 Å². The molecule has 0 radical (unpaired) electrons. The monoisotopic (exact) mass is 522 g/mol. The molecule has 2 atom stereocenters. The zero-order valence-corrected chi connectivity index (χ0v) is 25.0. The van der Waals surface area contributed by atoms with E-state index in [2.05, 4.69) is 152 Å². The van der Waals surface area contributed by atoms with Gasteiger partial charge >= 0.3 is 0 Å². The smallest absolute Gasteiger partial charge is 0.0856 e. The highest BCUT2D eigenvalue weighted by molar-refractivity contribution is 7.86. The first-order valence-electron chi connectivity index (χ1n) is 13.6. The van der Waals surface area contributed by atoms with Crippen molar-refractivity contribution in [1.82, 2.24) is 0 Å². The number of benzene rings is 4. The standard InChI is InChI=1S/C36H42OS/c1-25-9-13-27(14-10-25)33(29-17-21-31(22-18-29)35(3,4)5)38(37)34(28-15-11-26(2)12-16-28)30-19-23-32(24-20-30)36(6,7)8/h9-24,33-34H,1-8H3. The van der Waals surface area contributed by atoms with Gasteiger partial charge in [-0.25, -0.2) is 0 Å². The molecule has 4 aromatic carbocycles. The lowest BCUT2D eigenvalue weighted by Crippen LogP contribution is -2.18. The third kappa shape index (κ3) is 6.35. The van der Waals surface area contributed by atoms with Crippen LogP contribution in [-0.2, 0) is 21.6 Å². The maximum Gasteiger partial charge on any atom is 0.0856 e. The topological polar surface area (TPSA) is 17.1 Å². The van der Waals surface area contributed by atoms with Gasteiger partial charge in [-0.15, -0.1) is 0 Å². The molecule has 0 aromatic heterocycles. The van der Waals surface area contributed by atoms with Gasteiger partial charge in [0.2, 0.25) is 0 Å². The van der Waals surface area contributed by atoms with E-state index < -0.39 is 10.8 Å². The van der Waals surface area contributed by atoms with Crippen molar-refractivity contribution < 1.29 is 4.21 Å². The molecule has 0 saturated heterocycles. The highest BCUT2D eigenvalue weighted by Crippen LogP contribution is 2.40. The lowest BCUT2D eigenvalue weighted by Gasteiger charge is -2.27. The van der Waals surface area contributed by atoms with Crippen LogP contribution in [0.3, 0.4) is 0 Å². The highest BCUT2D eigenvalue weighted by Gasteiger charge is 2.31. The Morgan fingerprint density at radius 2 is 0.684 bits per heavy atom. The predicted molar refractivity (Wildman–Crippen MR) is 164 cm³/mol. The van der Waals surface area contributed by atoms with Crippen LogP contribution in [0.2, 0.25) is 0 Å². The van der Waals surface area contributed by atoms with Gasteiger partial charge < -0.3 is 0 Å². The summed E-state index contributed by atoms with van der Waals surface area (Å²) in [6, 6.07) is 34.6. The summed E-state index contributed by atoms with van der Waals surface area (Å²) in [5.74, 6) is 0. The maximum absolute atomic E-state index is 14.9. The molecule has 0 N–H and O–H groups in total. The van der Waals surface area contributed by atoms with Crippen molar-refractivity contribution in [3.63, 3.8) is 0 Å². The molecule has 198 valence electrons. The van der Waals surface area contributed by atoms with Crippen LogP contribution >= 0.6 is 0 Å². The molecule has 0 aliphatic carbocycles. The Bertz CT molecular complexity index is 1260. The van der Waals surface area contributed by atoms with Gasteiger partial charge in [0.05, 0.1) is 10.5 Å². The number of hydrogen-bond acceptors (Lipinski definition) is 1. The first kappa shape index (κ1) is 28.0. The second kappa shape index (κ2) is 11.0. The summed E-state index contributed by atoms with van der Waals surface area (Å²) >= 11 is 0. The summed E-state index contributed by atoms with van der Waals surface area (Å²) in [7, 11) is -1.27. The molecule has 0 aliphatic rings. The highest BCUT2D eigenvalue weighted by atomic mass is 32.2. The zero-order chi connectivity index (χ0) is 27.7. The lowest BCUT2D eigenvalue weighted by molar-refractivity contribution is 0.590. The second-order valence-corrected chi connectivity index (χ2v) is 14.3. The van der Waals surface area contributed by atoms with Crippen LogP contribution in [0.5, 0.6) is 0 Å². The van der Waals surface area contributed by atoms with Crippen LogP contribution in [0.4, 0.5) is 0 Å². The van der Waals surface area contributed by atoms with E-state index in [9.17, 15) is 4.21 Å². The van der Waals surface area contributed by atoms with Crippen molar-refractivity contribution in [3.8, 4) is 0 Å². The van der Waals surface area contributed by atoms with Crippen LogP contribution in [0.1, 0.15) is 96.5 Å². The van der Waals surface area contributed by atoms with Gasteiger partial charge in [-0.1, -0.05) is 150 Å². The largest absolute Gasteiger partial charge is 0.258 e. The molecule has 4 aromatic rings. The molecule has 0 amide bonds. The fourth-order valence-corrected chi connectivity index (χ4v) is 6.83. The predicted octanol–water partition coefficient (Wildman–Crippen LogP) is 9.53. The second-order valence-electron chi connectivity index (χ2n) is 12.7. The minimum absolute atomic E-state index is 0.0657. The van der Waals surface area contributed by atoms with E-state index in [1.165, 1.54) is 22.3 Å². The van der Waals surface area contributed by atoms with E-state index in [4.69, 9.17) is 0 Å². The fourth-order valence-electron chi connectivity index (χ4n) is 4.86. The minimum Gasteiger partial charge on any atom is -0.258 e. The van der Waals surface area contributed by atoms with Crippen molar-refractivity contribution in [2.75, 3.05) is 0 Å². The number of hydrogen-bond donors (Lipinski definition) is 0. The quantitative estimate of drug-likeness (QED) is 0.246. The molecule has 0 aliphatic heterocycles. The summed E-state index contributed by atoms with van der Waals surface area (Å²) in [5, 5.41) is -0.503. The first-order chi connectivity index (χ1) is 17.8. The average Bonchev–Trinajstić information content (AvgIpc) is 2.86. The van der Waals surface area contributed by atoms with E-state index in [1.807, 2.05) is 0 Å². The molecule has 38 heavy (non-hydrogen) atoms. The van der Waals surface area contributed by atoms with Gasteiger partial charge in [0.1, 0.15) is 0 Å². The van der Waals surface area contributed by atoms with Crippen molar-refractivity contribution in [2.24, 2.45) is 0 Å². The summed E-state index contributed by atoms with van der Waals surface area (Å²) < 4.78 is 14.9.